The summed E-state index contributed by atoms with van der Waals surface area (Å²) in [6.07, 6.45) is 2.48. The molecule has 188 valence electrons. The zero-order valence-electron chi connectivity index (χ0n) is 20.7. The number of fused-ring (bicyclic) bond motifs is 1. The van der Waals surface area contributed by atoms with Gasteiger partial charge in [0, 0.05) is 29.2 Å². The van der Waals surface area contributed by atoms with Gasteiger partial charge in [-0.1, -0.05) is 30.3 Å². The van der Waals surface area contributed by atoms with Crippen LogP contribution in [-0.4, -0.2) is 46.9 Å². The van der Waals surface area contributed by atoms with Crippen LogP contribution in [0, 0.1) is 0 Å². The number of aliphatic hydroxyl groups excluding tert-OH is 1. The molecule has 4 aromatic rings. The molecule has 0 bridgehead atoms. The number of aromatic nitrogens is 1. The number of nitrogens with one attached hydrogen (secondary N) is 1. The Kier molecular flexibility index (Phi) is 6.68. The fourth-order valence-corrected chi connectivity index (χ4v) is 4.85. The normalized spacial score (nSPS) is 16.9. The van der Waals surface area contributed by atoms with Gasteiger partial charge in [-0.15, -0.1) is 0 Å². The van der Waals surface area contributed by atoms with Gasteiger partial charge in [-0.05, 0) is 66.9 Å². The first kappa shape index (κ1) is 24.2. The van der Waals surface area contributed by atoms with E-state index in [0.717, 1.165) is 16.5 Å². The number of carbonyl (C=O) groups excluding carboxylic acids is 2. The van der Waals surface area contributed by atoms with Crippen LogP contribution in [-0.2, 0) is 16.0 Å². The number of hydrogen-bond acceptors (Lipinski definition) is 5. The number of aliphatic hydroxyl groups is 1. The molecule has 1 aromatic heterocycles. The van der Waals surface area contributed by atoms with Gasteiger partial charge < -0.3 is 24.5 Å². The highest BCUT2D eigenvalue weighted by Crippen LogP contribution is 2.40. The monoisotopic (exact) mass is 496 g/mol. The first-order valence-corrected chi connectivity index (χ1v) is 12.2. The molecule has 3 aromatic carbocycles. The zero-order valence-corrected chi connectivity index (χ0v) is 20.7. The summed E-state index contributed by atoms with van der Waals surface area (Å²) in [5.74, 6) is -0.230. The van der Waals surface area contributed by atoms with Crippen LogP contribution in [0.25, 0.3) is 16.7 Å². The third-order valence-electron chi connectivity index (χ3n) is 6.71. The molecule has 1 aliphatic heterocycles. The summed E-state index contributed by atoms with van der Waals surface area (Å²) >= 11 is 0. The maximum atomic E-state index is 13.3. The van der Waals surface area contributed by atoms with Gasteiger partial charge in [-0.25, -0.2) is 0 Å². The summed E-state index contributed by atoms with van der Waals surface area (Å²) in [4.78, 5) is 31.4. The van der Waals surface area contributed by atoms with E-state index in [1.807, 2.05) is 49.5 Å². The number of amides is 1. The second-order valence-corrected chi connectivity index (χ2v) is 8.83. The fourth-order valence-electron chi connectivity index (χ4n) is 4.85. The Morgan fingerprint density at radius 3 is 2.38 bits per heavy atom. The van der Waals surface area contributed by atoms with Gasteiger partial charge in [0.05, 0.1) is 25.3 Å². The second-order valence-electron chi connectivity index (χ2n) is 8.83. The Labute approximate surface area is 214 Å². The Morgan fingerprint density at radius 1 is 0.973 bits per heavy atom. The van der Waals surface area contributed by atoms with Crippen molar-refractivity contribution < 1.29 is 24.2 Å². The van der Waals surface area contributed by atoms with Crippen LogP contribution in [0.2, 0.25) is 0 Å². The summed E-state index contributed by atoms with van der Waals surface area (Å²) < 4.78 is 10.8. The number of aromatic amines is 1. The lowest BCUT2D eigenvalue weighted by atomic mass is 9.95. The van der Waals surface area contributed by atoms with Crippen LogP contribution >= 0.6 is 0 Å². The highest BCUT2D eigenvalue weighted by atomic mass is 16.5. The van der Waals surface area contributed by atoms with Crippen molar-refractivity contribution in [1.82, 2.24) is 9.88 Å². The number of nitrogens with zero attached hydrogens (tertiary/aromatic N) is 1. The number of likely N-dealkylation sites (tertiary alicyclic amines) is 1. The molecule has 1 atom stereocenters. The number of hydrogen-bond donors (Lipinski definition) is 2. The minimum atomic E-state index is -0.734. The predicted molar refractivity (Wildman–Crippen MR) is 142 cm³/mol. The van der Waals surface area contributed by atoms with Crippen LogP contribution in [0.1, 0.15) is 29.7 Å². The lowest BCUT2D eigenvalue weighted by molar-refractivity contribution is -0.139. The van der Waals surface area contributed by atoms with E-state index in [2.05, 4.69) is 4.98 Å². The Hall–Kier alpha value is -4.52. The first-order chi connectivity index (χ1) is 18.0. The van der Waals surface area contributed by atoms with Gasteiger partial charge in [0.25, 0.3) is 11.7 Å². The minimum Gasteiger partial charge on any atom is -0.507 e. The molecule has 1 saturated heterocycles. The first-order valence-electron chi connectivity index (χ1n) is 12.2. The quantitative estimate of drug-likeness (QED) is 0.198. The van der Waals surface area contributed by atoms with Crippen LogP contribution in [0.3, 0.4) is 0 Å². The predicted octanol–water partition coefficient (Wildman–Crippen LogP) is 5.24. The van der Waals surface area contributed by atoms with E-state index in [0.29, 0.717) is 42.2 Å². The fraction of sp³-hybridized carbons (Fsp3) is 0.200. The topological polar surface area (TPSA) is 91.9 Å². The van der Waals surface area contributed by atoms with E-state index < -0.39 is 17.7 Å². The van der Waals surface area contributed by atoms with Crippen LogP contribution in [0.15, 0.2) is 84.6 Å². The molecule has 0 aliphatic carbocycles. The largest absolute Gasteiger partial charge is 0.507 e. The number of H-pyrrole nitrogens is 1. The lowest BCUT2D eigenvalue weighted by Gasteiger charge is -2.25. The molecule has 1 amide bonds. The number of rotatable bonds is 8. The molecule has 5 rings (SSSR count). The number of ether oxygens (including phenoxy) is 2. The second kappa shape index (κ2) is 10.2. The van der Waals surface area contributed by atoms with Crippen LogP contribution < -0.4 is 9.47 Å². The van der Waals surface area contributed by atoms with Crippen molar-refractivity contribution in [1.29, 1.82) is 0 Å². The number of Topliss-reactive ketones (excluding diaryl/α,β-unsaturated/α-hetero) is 1. The average Bonchev–Trinajstić information content (AvgIpc) is 3.46. The van der Waals surface area contributed by atoms with E-state index >= 15 is 0 Å². The SMILES string of the molecule is CCOc1ccc(/C(O)=C2/C(=O)C(=O)N(CCc3c[nH]c4ccccc34)C2c2ccc(OC)cc2)cc1. The van der Waals surface area contributed by atoms with Crippen molar-refractivity contribution in [2.24, 2.45) is 0 Å². The van der Waals surface area contributed by atoms with Crippen molar-refractivity contribution in [2.75, 3.05) is 20.3 Å². The van der Waals surface area contributed by atoms with Gasteiger partial charge in [-0.3, -0.25) is 9.59 Å². The van der Waals surface area contributed by atoms with Crippen molar-refractivity contribution in [3.8, 4) is 11.5 Å². The van der Waals surface area contributed by atoms with E-state index in [4.69, 9.17) is 9.47 Å². The Bertz CT molecular complexity index is 1470. The summed E-state index contributed by atoms with van der Waals surface area (Å²) in [6, 6.07) is 21.3. The Morgan fingerprint density at radius 2 is 1.68 bits per heavy atom. The standard InChI is InChI=1S/C30H28N2O5/c1-3-37-23-14-10-20(11-15-23)28(33)26-27(19-8-12-22(36-2)13-9-19)32(30(35)29(26)34)17-16-21-18-31-25-7-5-4-6-24(21)25/h4-15,18,27,31,33H,3,16-17H2,1-2H3/b28-26-. The van der Waals surface area contributed by atoms with E-state index in [9.17, 15) is 14.7 Å². The van der Waals surface area contributed by atoms with Crippen LogP contribution in [0.5, 0.6) is 11.5 Å². The molecule has 0 radical (unpaired) electrons. The molecule has 37 heavy (non-hydrogen) atoms. The molecule has 2 N–H and O–H groups in total. The van der Waals surface area contributed by atoms with Crippen molar-refractivity contribution in [2.45, 2.75) is 19.4 Å². The molecule has 1 aliphatic rings. The molecular formula is C30H28N2O5. The zero-order chi connectivity index (χ0) is 25.9. The average molecular weight is 497 g/mol. The van der Waals surface area contributed by atoms with Crippen molar-refractivity contribution in [3.63, 3.8) is 0 Å². The molecular weight excluding hydrogens is 468 g/mol. The van der Waals surface area contributed by atoms with Crippen LogP contribution in [0.4, 0.5) is 0 Å². The third-order valence-corrected chi connectivity index (χ3v) is 6.71. The molecule has 1 unspecified atom stereocenters. The number of methoxy groups -OCH3 is 1. The number of carbonyl (C=O) groups is 2. The maximum Gasteiger partial charge on any atom is 0.295 e. The molecule has 1 fully saturated rings. The summed E-state index contributed by atoms with van der Waals surface area (Å²) in [5.41, 5.74) is 3.29. The minimum absolute atomic E-state index is 0.0678. The smallest absolute Gasteiger partial charge is 0.295 e. The molecule has 0 saturated carbocycles. The lowest BCUT2D eigenvalue weighted by Crippen LogP contribution is -2.31. The van der Waals surface area contributed by atoms with Gasteiger partial charge in [-0.2, -0.15) is 0 Å². The molecule has 0 spiro atoms. The van der Waals surface area contributed by atoms with Crippen molar-refractivity contribution in [3.05, 3.63) is 101 Å². The summed E-state index contributed by atoms with van der Waals surface area (Å²) in [6.45, 7) is 2.72. The van der Waals surface area contributed by atoms with Gasteiger partial charge >= 0.3 is 0 Å². The molecule has 7 nitrogen and oxygen atoms in total. The van der Waals surface area contributed by atoms with Crippen molar-refractivity contribution >= 4 is 28.4 Å². The highest BCUT2D eigenvalue weighted by molar-refractivity contribution is 6.46. The van der Waals surface area contributed by atoms with Gasteiger partial charge in [0.2, 0.25) is 0 Å². The van der Waals surface area contributed by atoms with E-state index in [-0.39, 0.29) is 11.3 Å². The van der Waals surface area contributed by atoms with Gasteiger partial charge in [0.1, 0.15) is 17.3 Å². The summed E-state index contributed by atoms with van der Waals surface area (Å²) in [7, 11) is 1.58. The maximum absolute atomic E-state index is 13.3. The third kappa shape index (κ3) is 4.56. The Balaban J connectivity index is 1.54. The number of para-hydroxylation sites is 1. The van der Waals surface area contributed by atoms with E-state index in [1.54, 1.807) is 48.4 Å². The highest BCUT2D eigenvalue weighted by Gasteiger charge is 2.45. The number of ketones is 1. The summed E-state index contributed by atoms with van der Waals surface area (Å²) in [5, 5.41) is 12.4. The number of benzene rings is 3. The molecule has 2 heterocycles. The van der Waals surface area contributed by atoms with Gasteiger partial charge in [0.15, 0.2) is 0 Å². The van der Waals surface area contributed by atoms with E-state index in [1.165, 1.54) is 0 Å². The molecule has 7 heteroatoms.